The van der Waals surface area contributed by atoms with Crippen molar-refractivity contribution in [1.29, 1.82) is 0 Å². The lowest BCUT2D eigenvalue weighted by molar-refractivity contribution is 0.0117. The van der Waals surface area contributed by atoms with Crippen LogP contribution in [0.4, 0.5) is 0 Å². The van der Waals surface area contributed by atoms with E-state index in [-0.39, 0.29) is 5.91 Å². The highest BCUT2D eigenvalue weighted by molar-refractivity contribution is 14.1. The van der Waals surface area contributed by atoms with Crippen molar-refractivity contribution < 1.29 is 9.53 Å². The molecule has 1 unspecified atom stereocenters. The third-order valence-electron chi connectivity index (χ3n) is 2.86. The molecule has 3 nitrogen and oxygen atoms in total. The van der Waals surface area contributed by atoms with Crippen LogP contribution in [0.5, 0.6) is 0 Å². The number of thiophene rings is 1. The first kappa shape index (κ1) is 13.3. The molecule has 1 aliphatic rings. The fraction of sp³-hybridized carbons (Fsp3) is 0.583. The zero-order chi connectivity index (χ0) is 12.1. The Balaban J connectivity index is 1.69. The molecule has 0 saturated carbocycles. The SMILES string of the molecule is O=C(NCCC1CCCCO1)c1csc(I)c1. The molecule has 5 heteroatoms. The predicted octanol–water partition coefficient (Wildman–Crippen LogP) is 3.04. The Morgan fingerprint density at radius 1 is 1.59 bits per heavy atom. The van der Waals surface area contributed by atoms with Crippen molar-refractivity contribution in [1.82, 2.24) is 5.32 Å². The van der Waals surface area contributed by atoms with Gasteiger partial charge in [-0.15, -0.1) is 11.3 Å². The third kappa shape index (κ3) is 4.22. The Kier molecular flexibility index (Phi) is 5.24. The molecule has 1 atom stereocenters. The maximum Gasteiger partial charge on any atom is 0.252 e. The Hall–Kier alpha value is -0.140. The summed E-state index contributed by atoms with van der Waals surface area (Å²) in [5, 5.41) is 4.84. The minimum Gasteiger partial charge on any atom is -0.378 e. The summed E-state index contributed by atoms with van der Waals surface area (Å²) in [5.41, 5.74) is 0.768. The predicted molar refractivity (Wildman–Crippen MR) is 77.6 cm³/mol. The van der Waals surface area contributed by atoms with E-state index < -0.39 is 0 Å². The number of hydrogen-bond acceptors (Lipinski definition) is 3. The van der Waals surface area contributed by atoms with Gasteiger partial charge in [-0.2, -0.15) is 0 Å². The van der Waals surface area contributed by atoms with Gasteiger partial charge in [0.05, 0.1) is 14.6 Å². The van der Waals surface area contributed by atoms with E-state index in [2.05, 4.69) is 27.9 Å². The quantitative estimate of drug-likeness (QED) is 0.833. The maximum absolute atomic E-state index is 11.8. The Labute approximate surface area is 119 Å². The molecule has 17 heavy (non-hydrogen) atoms. The number of carbonyl (C=O) groups is 1. The normalized spacial score (nSPS) is 20.2. The molecule has 0 aliphatic carbocycles. The molecule has 2 rings (SSSR count). The monoisotopic (exact) mass is 365 g/mol. The highest BCUT2D eigenvalue weighted by atomic mass is 127. The van der Waals surface area contributed by atoms with Crippen molar-refractivity contribution in [2.75, 3.05) is 13.2 Å². The van der Waals surface area contributed by atoms with Gasteiger partial charge in [0.25, 0.3) is 5.91 Å². The summed E-state index contributed by atoms with van der Waals surface area (Å²) in [6.45, 7) is 1.58. The minimum absolute atomic E-state index is 0.0278. The molecular weight excluding hydrogens is 349 g/mol. The largest absolute Gasteiger partial charge is 0.378 e. The van der Waals surface area contributed by atoms with Gasteiger partial charge in [0.1, 0.15) is 0 Å². The first-order valence-corrected chi connectivity index (χ1v) is 7.85. The van der Waals surface area contributed by atoms with Crippen molar-refractivity contribution in [3.63, 3.8) is 0 Å². The van der Waals surface area contributed by atoms with Gasteiger partial charge in [0.2, 0.25) is 0 Å². The molecule has 1 aromatic rings. The molecule has 0 aromatic carbocycles. The van der Waals surface area contributed by atoms with Crippen LogP contribution in [-0.2, 0) is 4.74 Å². The molecular formula is C12H16INO2S. The van der Waals surface area contributed by atoms with E-state index in [1.165, 1.54) is 12.8 Å². The van der Waals surface area contributed by atoms with Crippen molar-refractivity contribution in [2.45, 2.75) is 31.8 Å². The Bertz CT molecular complexity index is 374. The van der Waals surface area contributed by atoms with E-state index in [0.717, 1.165) is 27.9 Å². The summed E-state index contributed by atoms with van der Waals surface area (Å²) in [7, 11) is 0. The molecule has 1 aromatic heterocycles. The molecule has 1 fully saturated rings. The van der Waals surface area contributed by atoms with Crippen molar-refractivity contribution in [3.8, 4) is 0 Å². The first-order valence-electron chi connectivity index (χ1n) is 5.89. The van der Waals surface area contributed by atoms with E-state index >= 15 is 0 Å². The number of rotatable bonds is 4. The second kappa shape index (κ2) is 6.70. The highest BCUT2D eigenvalue weighted by Crippen LogP contribution is 2.17. The second-order valence-corrected chi connectivity index (χ2v) is 6.98. The van der Waals surface area contributed by atoms with Crippen LogP contribution >= 0.6 is 33.9 Å². The average Bonchev–Trinajstić information content (AvgIpc) is 2.77. The lowest BCUT2D eigenvalue weighted by atomic mass is 10.1. The molecule has 1 amide bonds. The second-order valence-electron chi connectivity index (χ2n) is 4.17. The van der Waals surface area contributed by atoms with Crippen LogP contribution in [0.3, 0.4) is 0 Å². The van der Waals surface area contributed by atoms with Gasteiger partial charge in [-0.1, -0.05) is 0 Å². The zero-order valence-electron chi connectivity index (χ0n) is 9.58. The Morgan fingerprint density at radius 3 is 3.12 bits per heavy atom. The number of ether oxygens (including phenoxy) is 1. The van der Waals surface area contributed by atoms with Crippen LogP contribution < -0.4 is 5.32 Å². The summed E-state index contributed by atoms with van der Waals surface area (Å²) in [6, 6.07) is 1.91. The molecule has 2 heterocycles. The van der Waals surface area contributed by atoms with Gasteiger partial charge >= 0.3 is 0 Å². The van der Waals surface area contributed by atoms with Crippen LogP contribution in [-0.4, -0.2) is 25.2 Å². The van der Waals surface area contributed by atoms with Gasteiger partial charge in [-0.05, 0) is 54.3 Å². The van der Waals surface area contributed by atoms with Gasteiger partial charge in [-0.25, -0.2) is 0 Å². The summed E-state index contributed by atoms with van der Waals surface area (Å²) in [5.74, 6) is 0.0278. The van der Waals surface area contributed by atoms with Crippen LogP contribution in [0.1, 0.15) is 36.0 Å². The van der Waals surface area contributed by atoms with Gasteiger partial charge in [-0.3, -0.25) is 4.79 Å². The molecule has 1 N–H and O–H groups in total. The van der Waals surface area contributed by atoms with Crippen molar-refractivity contribution >= 4 is 39.8 Å². The summed E-state index contributed by atoms with van der Waals surface area (Å²) in [4.78, 5) is 11.8. The van der Waals surface area contributed by atoms with Crippen LogP contribution in [0.2, 0.25) is 0 Å². The van der Waals surface area contributed by atoms with Crippen LogP contribution in [0.25, 0.3) is 0 Å². The van der Waals surface area contributed by atoms with E-state index in [1.54, 1.807) is 11.3 Å². The van der Waals surface area contributed by atoms with Gasteiger partial charge < -0.3 is 10.1 Å². The van der Waals surface area contributed by atoms with Crippen molar-refractivity contribution in [3.05, 3.63) is 19.9 Å². The number of nitrogens with one attached hydrogen (secondary N) is 1. The molecule has 0 spiro atoms. The van der Waals surface area contributed by atoms with E-state index in [9.17, 15) is 4.79 Å². The molecule has 0 radical (unpaired) electrons. The van der Waals surface area contributed by atoms with Crippen LogP contribution in [0, 0.1) is 2.88 Å². The summed E-state index contributed by atoms with van der Waals surface area (Å²) >= 11 is 3.82. The third-order valence-corrected chi connectivity index (χ3v) is 4.64. The zero-order valence-corrected chi connectivity index (χ0v) is 12.6. The number of carbonyl (C=O) groups excluding carboxylic acids is 1. The average molecular weight is 365 g/mol. The highest BCUT2D eigenvalue weighted by Gasteiger charge is 2.14. The first-order chi connectivity index (χ1) is 8.25. The summed E-state index contributed by atoms with van der Waals surface area (Å²) < 4.78 is 6.76. The van der Waals surface area contributed by atoms with E-state index in [1.807, 2.05) is 11.4 Å². The lowest BCUT2D eigenvalue weighted by Gasteiger charge is -2.22. The molecule has 0 bridgehead atoms. The fourth-order valence-corrected chi connectivity index (χ4v) is 3.24. The van der Waals surface area contributed by atoms with Gasteiger partial charge in [0, 0.05) is 18.5 Å². The topological polar surface area (TPSA) is 38.3 Å². The number of hydrogen-bond donors (Lipinski definition) is 1. The lowest BCUT2D eigenvalue weighted by Crippen LogP contribution is -2.29. The standard InChI is InChI=1S/C12H16INO2S/c13-11-7-9(8-17-11)12(15)14-5-4-10-3-1-2-6-16-10/h7-8,10H,1-6H2,(H,14,15). The molecule has 1 saturated heterocycles. The van der Waals surface area contributed by atoms with E-state index in [4.69, 9.17) is 4.74 Å². The number of halogens is 1. The minimum atomic E-state index is 0.0278. The fourth-order valence-electron chi connectivity index (χ4n) is 1.91. The van der Waals surface area contributed by atoms with Crippen LogP contribution in [0.15, 0.2) is 11.4 Å². The van der Waals surface area contributed by atoms with E-state index in [0.29, 0.717) is 12.6 Å². The smallest absolute Gasteiger partial charge is 0.252 e. The summed E-state index contributed by atoms with van der Waals surface area (Å²) in [6.07, 6.45) is 4.82. The van der Waals surface area contributed by atoms with Crippen molar-refractivity contribution in [2.24, 2.45) is 0 Å². The van der Waals surface area contributed by atoms with Gasteiger partial charge in [0.15, 0.2) is 0 Å². The maximum atomic E-state index is 11.8. The number of amides is 1. The molecule has 1 aliphatic heterocycles. The molecule has 94 valence electrons. The Morgan fingerprint density at radius 2 is 2.47 bits per heavy atom.